The van der Waals surface area contributed by atoms with Crippen LogP contribution in [0.5, 0.6) is 0 Å². The van der Waals surface area contributed by atoms with Gasteiger partial charge in [-0.3, -0.25) is 9.69 Å². The Morgan fingerprint density at radius 3 is 2.67 bits per heavy atom. The summed E-state index contributed by atoms with van der Waals surface area (Å²) in [5, 5.41) is 13.7. The van der Waals surface area contributed by atoms with Gasteiger partial charge < -0.3 is 9.72 Å². The van der Waals surface area contributed by atoms with Crippen LogP contribution in [-0.2, 0) is 16.7 Å². The summed E-state index contributed by atoms with van der Waals surface area (Å²) in [6.07, 6.45) is 1.81. The number of hydrogen-bond acceptors (Lipinski definition) is 6. The minimum atomic E-state index is -0.340. The fourth-order valence-electron chi connectivity index (χ4n) is 3.98. The maximum Gasteiger partial charge on any atom is 0.253 e. The van der Waals surface area contributed by atoms with Crippen molar-refractivity contribution in [3.63, 3.8) is 0 Å². The molecule has 8 heteroatoms. The Morgan fingerprint density at radius 1 is 1.20 bits per heavy atom. The molecule has 3 heterocycles. The van der Waals surface area contributed by atoms with Gasteiger partial charge in [0.25, 0.3) is 5.56 Å². The van der Waals surface area contributed by atoms with Crippen molar-refractivity contribution >= 4 is 10.9 Å². The summed E-state index contributed by atoms with van der Waals surface area (Å²) in [4.78, 5) is 18.5. The Bertz CT molecular complexity index is 1080. The van der Waals surface area contributed by atoms with Crippen molar-refractivity contribution in [2.24, 2.45) is 0 Å². The number of pyridine rings is 1. The highest BCUT2D eigenvalue weighted by atomic mass is 16.5. The van der Waals surface area contributed by atoms with Crippen molar-refractivity contribution in [1.29, 1.82) is 0 Å². The first-order valence-electron chi connectivity index (χ1n) is 10.7. The molecular weight excluding hydrogens is 380 g/mol. The highest BCUT2D eigenvalue weighted by Gasteiger charge is 2.34. The zero-order chi connectivity index (χ0) is 21.3. The fraction of sp³-hybridized carbons (Fsp3) is 0.545. The molecule has 0 bridgehead atoms. The molecule has 30 heavy (non-hydrogen) atoms. The van der Waals surface area contributed by atoms with Gasteiger partial charge in [0.1, 0.15) is 6.04 Å². The molecule has 3 aromatic rings. The predicted molar refractivity (Wildman–Crippen MR) is 116 cm³/mol. The zero-order valence-corrected chi connectivity index (χ0v) is 18.2. The third-order valence-electron chi connectivity index (χ3n) is 6.23. The molecule has 0 aliphatic carbocycles. The van der Waals surface area contributed by atoms with Crippen LogP contribution in [0.2, 0.25) is 0 Å². The van der Waals surface area contributed by atoms with Crippen molar-refractivity contribution < 1.29 is 4.74 Å². The van der Waals surface area contributed by atoms with Crippen LogP contribution < -0.4 is 5.56 Å². The molecule has 1 atom stereocenters. The SMILES string of the molecule is CCc1ccc2[nH]c(=O)c(C(c3nnnn3C(C)(C)CC)N3CCOCC3)cc2c1. The van der Waals surface area contributed by atoms with Crippen LogP contribution in [0.25, 0.3) is 10.9 Å². The molecule has 0 amide bonds. The number of aromatic amines is 1. The number of aromatic nitrogens is 5. The lowest BCUT2D eigenvalue weighted by atomic mass is 9.98. The number of benzene rings is 1. The van der Waals surface area contributed by atoms with Crippen molar-refractivity contribution in [2.45, 2.75) is 52.1 Å². The molecule has 0 saturated carbocycles. The summed E-state index contributed by atoms with van der Waals surface area (Å²) in [7, 11) is 0. The van der Waals surface area contributed by atoms with Crippen molar-refractivity contribution in [3.05, 3.63) is 51.6 Å². The number of morpholine rings is 1. The van der Waals surface area contributed by atoms with Crippen LogP contribution in [0.3, 0.4) is 0 Å². The van der Waals surface area contributed by atoms with E-state index in [9.17, 15) is 4.79 Å². The van der Waals surface area contributed by atoms with E-state index >= 15 is 0 Å². The standard InChI is InChI=1S/C22H30N6O2/c1-5-15-7-8-18-16(13-15)14-17(21(29)23-18)19(27-9-11-30-12-10-27)20-24-25-26-28(20)22(3,4)6-2/h7-8,13-14,19H,5-6,9-12H2,1-4H3,(H,23,29). The maximum absolute atomic E-state index is 13.2. The lowest BCUT2D eigenvalue weighted by Crippen LogP contribution is -2.43. The van der Waals surface area contributed by atoms with Gasteiger partial charge in [-0.25, -0.2) is 4.68 Å². The van der Waals surface area contributed by atoms with Gasteiger partial charge in [0.05, 0.1) is 18.8 Å². The summed E-state index contributed by atoms with van der Waals surface area (Å²) in [6, 6.07) is 7.85. The topological polar surface area (TPSA) is 88.9 Å². The summed E-state index contributed by atoms with van der Waals surface area (Å²) in [5.74, 6) is 0.695. The van der Waals surface area contributed by atoms with E-state index in [1.165, 1.54) is 5.56 Å². The van der Waals surface area contributed by atoms with Crippen molar-refractivity contribution in [2.75, 3.05) is 26.3 Å². The number of rotatable bonds is 6. The van der Waals surface area contributed by atoms with Crippen LogP contribution in [0.15, 0.2) is 29.1 Å². The van der Waals surface area contributed by atoms with Gasteiger partial charge in [0, 0.05) is 24.2 Å². The summed E-state index contributed by atoms with van der Waals surface area (Å²) in [6.45, 7) is 11.2. The van der Waals surface area contributed by atoms with E-state index in [0.29, 0.717) is 24.6 Å². The molecule has 1 aromatic carbocycles. The predicted octanol–water partition coefficient (Wildman–Crippen LogP) is 2.64. The fourth-order valence-corrected chi connectivity index (χ4v) is 3.98. The van der Waals surface area contributed by atoms with Crippen molar-refractivity contribution in [3.8, 4) is 0 Å². The second kappa shape index (κ2) is 8.28. The number of aryl methyl sites for hydroxylation is 1. The normalized spacial score (nSPS) is 16.8. The number of hydrogen-bond donors (Lipinski definition) is 1. The zero-order valence-electron chi connectivity index (χ0n) is 18.2. The Labute approximate surface area is 176 Å². The van der Waals surface area contributed by atoms with Gasteiger partial charge in [-0.15, -0.1) is 5.10 Å². The molecule has 2 aromatic heterocycles. The Hall–Kier alpha value is -2.58. The summed E-state index contributed by atoms with van der Waals surface area (Å²) in [5.41, 5.74) is 2.38. The van der Waals surface area contributed by atoms with Gasteiger partial charge in [-0.2, -0.15) is 0 Å². The number of H-pyrrole nitrogens is 1. The number of tetrazole rings is 1. The molecule has 0 radical (unpaired) electrons. The number of fused-ring (bicyclic) bond motifs is 1. The first-order chi connectivity index (χ1) is 14.4. The highest BCUT2D eigenvalue weighted by molar-refractivity contribution is 5.80. The first kappa shape index (κ1) is 20.7. The monoisotopic (exact) mass is 410 g/mol. The van der Waals surface area contributed by atoms with Crippen LogP contribution >= 0.6 is 0 Å². The quantitative estimate of drug-likeness (QED) is 0.672. The van der Waals surface area contributed by atoms with E-state index in [1.807, 2.05) is 16.8 Å². The van der Waals surface area contributed by atoms with E-state index in [0.717, 1.165) is 36.8 Å². The Kier molecular flexibility index (Phi) is 5.71. The molecule has 1 fully saturated rings. The summed E-state index contributed by atoms with van der Waals surface area (Å²) >= 11 is 0. The minimum Gasteiger partial charge on any atom is -0.379 e. The Morgan fingerprint density at radius 2 is 1.97 bits per heavy atom. The minimum absolute atomic E-state index is 0.105. The van der Waals surface area contributed by atoms with Crippen LogP contribution in [0.4, 0.5) is 0 Å². The smallest absolute Gasteiger partial charge is 0.253 e. The van der Waals surface area contributed by atoms with Gasteiger partial charge in [0.2, 0.25) is 0 Å². The number of nitrogens with one attached hydrogen (secondary N) is 1. The van der Waals surface area contributed by atoms with Crippen LogP contribution in [-0.4, -0.2) is 56.4 Å². The average Bonchev–Trinajstić information content (AvgIpc) is 3.25. The summed E-state index contributed by atoms with van der Waals surface area (Å²) < 4.78 is 7.44. The third kappa shape index (κ3) is 3.77. The molecular formula is C22H30N6O2. The van der Waals surface area contributed by atoms with E-state index in [1.54, 1.807) is 0 Å². The van der Waals surface area contributed by atoms with Crippen LogP contribution in [0.1, 0.15) is 57.1 Å². The first-order valence-corrected chi connectivity index (χ1v) is 10.7. The third-order valence-corrected chi connectivity index (χ3v) is 6.23. The molecule has 1 aliphatic rings. The van der Waals surface area contributed by atoms with E-state index < -0.39 is 0 Å². The molecule has 1 unspecified atom stereocenters. The number of ether oxygens (including phenoxy) is 1. The molecule has 8 nitrogen and oxygen atoms in total. The highest BCUT2D eigenvalue weighted by Crippen LogP contribution is 2.31. The molecule has 160 valence electrons. The van der Waals surface area contributed by atoms with Gasteiger partial charge in [0.15, 0.2) is 5.82 Å². The lowest BCUT2D eigenvalue weighted by molar-refractivity contribution is 0.0204. The molecule has 0 spiro atoms. The average molecular weight is 411 g/mol. The van der Waals surface area contributed by atoms with Crippen LogP contribution in [0, 0.1) is 0 Å². The van der Waals surface area contributed by atoms with Gasteiger partial charge >= 0.3 is 0 Å². The van der Waals surface area contributed by atoms with Crippen molar-refractivity contribution in [1.82, 2.24) is 30.1 Å². The van der Waals surface area contributed by atoms with Gasteiger partial charge in [-0.1, -0.05) is 19.9 Å². The van der Waals surface area contributed by atoms with E-state index in [4.69, 9.17) is 4.74 Å². The maximum atomic E-state index is 13.2. The largest absolute Gasteiger partial charge is 0.379 e. The lowest BCUT2D eigenvalue weighted by Gasteiger charge is -2.35. The molecule has 1 saturated heterocycles. The second-order valence-electron chi connectivity index (χ2n) is 8.49. The second-order valence-corrected chi connectivity index (χ2v) is 8.49. The Balaban J connectivity index is 1.90. The van der Waals surface area contributed by atoms with E-state index in [2.05, 4.69) is 65.2 Å². The van der Waals surface area contributed by atoms with Gasteiger partial charge in [-0.05, 0) is 66.3 Å². The molecule has 1 aliphatic heterocycles. The van der Waals surface area contributed by atoms with E-state index in [-0.39, 0.29) is 17.1 Å². The number of nitrogens with zero attached hydrogens (tertiary/aromatic N) is 5. The molecule has 1 N–H and O–H groups in total. The molecule has 4 rings (SSSR count).